The zero-order chi connectivity index (χ0) is 20.1. The highest BCUT2D eigenvalue weighted by Crippen LogP contribution is 2.35. The number of carbonyl (C=O) groups excluding carboxylic acids is 1. The summed E-state index contributed by atoms with van der Waals surface area (Å²) in [6.07, 6.45) is 3.38. The molecular weight excluding hydrogens is 361 g/mol. The molecular formula is C21H18FN3O3. The van der Waals surface area contributed by atoms with Crippen LogP contribution < -0.4 is 15.1 Å². The Hall–Kier alpha value is -3.71. The molecule has 0 atom stereocenters. The van der Waals surface area contributed by atoms with Crippen molar-refractivity contribution in [2.24, 2.45) is 0 Å². The quantitative estimate of drug-likeness (QED) is 0.379. The number of nitrogens with zero attached hydrogens (tertiary/aromatic N) is 2. The van der Waals surface area contributed by atoms with Crippen LogP contribution in [0.25, 0.3) is 5.57 Å². The predicted octanol–water partition coefficient (Wildman–Crippen LogP) is 4.30. The molecule has 0 bridgehead atoms. The van der Waals surface area contributed by atoms with Crippen LogP contribution in [0.2, 0.25) is 0 Å². The van der Waals surface area contributed by atoms with Gasteiger partial charge in [0.2, 0.25) is 0 Å². The van der Waals surface area contributed by atoms with Crippen molar-refractivity contribution in [3.8, 4) is 11.5 Å². The lowest BCUT2D eigenvalue weighted by Gasteiger charge is -2.21. The lowest BCUT2D eigenvalue weighted by atomic mass is 10.0. The average molecular weight is 379 g/mol. The van der Waals surface area contributed by atoms with Crippen LogP contribution in [0.4, 0.5) is 15.8 Å². The first kappa shape index (κ1) is 19.1. The van der Waals surface area contributed by atoms with E-state index in [0.29, 0.717) is 17.1 Å². The number of hydroxylamine groups is 1. The summed E-state index contributed by atoms with van der Waals surface area (Å²) in [7, 11) is 1.85. The SMILES string of the molecule is C=C(C(=O)NO)c1cc(N(C)c2cccnc2)ccc1Oc1ccc(F)cc1. The van der Waals surface area contributed by atoms with Crippen LogP contribution in [0.15, 0.2) is 73.6 Å². The standard InChI is InChI=1S/C21H18FN3O3/c1-14(21(26)24-27)19-12-16(25(2)17-4-3-11-23-13-17)7-10-20(19)28-18-8-5-15(22)6-9-18/h3-13,27H,1H2,2H3,(H,24,26). The molecule has 2 aromatic carbocycles. The van der Waals surface area contributed by atoms with Crippen LogP contribution in [0, 0.1) is 5.82 Å². The van der Waals surface area contributed by atoms with Crippen LogP contribution in [0.3, 0.4) is 0 Å². The van der Waals surface area contributed by atoms with Gasteiger partial charge in [0.15, 0.2) is 0 Å². The highest BCUT2D eigenvalue weighted by molar-refractivity contribution is 6.19. The highest BCUT2D eigenvalue weighted by Gasteiger charge is 2.17. The molecule has 0 unspecified atom stereocenters. The number of ether oxygens (including phenoxy) is 1. The van der Waals surface area contributed by atoms with Gasteiger partial charge >= 0.3 is 0 Å². The Balaban J connectivity index is 2.00. The molecule has 3 aromatic rings. The van der Waals surface area contributed by atoms with E-state index in [0.717, 1.165) is 11.4 Å². The summed E-state index contributed by atoms with van der Waals surface area (Å²) in [5.41, 5.74) is 3.57. The third kappa shape index (κ3) is 4.16. The fourth-order valence-electron chi connectivity index (χ4n) is 2.57. The molecule has 1 amide bonds. The smallest absolute Gasteiger partial charge is 0.274 e. The van der Waals surface area contributed by atoms with Crippen molar-refractivity contribution >= 4 is 22.9 Å². The first-order valence-electron chi connectivity index (χ1n) is 8.34. The summed E-state index contributed by atoms with van der Waals surface area (Å²) >= 11 is 0. The number of hydrogen-bond acceptors (Lipinski definition) is 5. The molecule has 0 saturated heterocycles. The van der Waals surface area contributed by atoms with Gasteiger partial charge < -0.3 is 9.64 Å². The molecule has 2 N–H and O–H groups in total. The largest absolute Gasteiger partial charge is 0.457 e. The number of aromatic nitrogens is 1. The Morgan fingerprint density at radius 2 is 1.93 bits per heavy atom. The van der Waals surface area contributed by atoms with Gasteiger partial charge in [-0.3, -0.25) is 15.0 Å². The van der Waals surface area contributed by atoms with Crippen LogP contribution in [0.1, 0.15) is 5.56 Å². The maximum atomic E-state index is 13.1. The van der Waals surface area contributed by atoms with Gasteiger partial charge in [-0.15, -0.1) is 0 Å². The maximum absolute atomic E-state index is 13.1. The minimum absolute atomic E-state index is 0.0149. The van der Waals surface area contributed by atoms with Gasteiger partial charge in [0.25, 0.3) is 5.91 Å². The van der Waals surface area contributed by atoms with Crippen LogP contribution in [-0.2, 0) is 4.79 Å². The van der Waals surface area contributed by atoms with Crippen LogP contribution in [-0.4, -0.2) is 23.1 Å². The van der Waals surface area contributed by atoms with Gasteiger partial charge in [0.1, 0.15) is 17.3 Å². The first-order valence-corrected chi connectivity index (χ1v) is 8.34. The predicted molar refractivity (Wildman–Crippen MR) is 104 cm³/mol. The summed E-state index contributed by atoms with van der Waals surface area (Å²) in [5.74, 6) is -0.410. The number of rotatable bonds is 6. The summed E-state index contributed by atoms with van der Waals surface area (Å²) in [6, 6.07) is 14.4. The van der Waals surface area contributed by atoms with E-state index in [9.17, 15) is 9.18 Å². The lowest BCUT2D eigenvalue weighted by Crippen LogP contribution is -2.20. The van der Waals surface area contributed by atoms with Crippen molar-refractivity contribution < 1.29 is 19.1 Å². The summed E-state index contributed by atoms with van der Waals surface area (Å²) < 4.78 is 18.9. The van der Waals surface area contributed by atoms with E-state index in [1.165, 1.54) is 24.3 Å². The van der Waals surface area contributed by atoms with E-state index in [4.69, 9.17) is 9.94 Å². The van der Waals surface area contributed by atoms with Gasteiger partial charge in [0.05, 0.1) is 11.9 Å². The van der Waals surface area contributed by atoms with Gasteiger partial charge in [-0.25, -0.2) is 9.87 Å². The number of amides is 1. The number of carbonyl (C=O) groups is 1. The molecule has 0 spiro atoms. The lowest BCUT2D eigenvalue weighted by molar-refractivity contribution is -0.123. The number of halogens is 1. The minimum atomic E-state index is -0.759. The molecule has 3 rings (SSSR count). The molecule has 28 heavy (non-hydrogen) atoms. The third-order valence-corrected chi connectivity index (χ3v) is 4.13. The van der Waals surface area contributed by atoms with E-state index < -0.39 is 5.91 Å². The topological polar surface area (TPSA) is 74.7 Å². The molecule has 0 aliphatic rings. The molecule has 0 saturated carbocycles. The van der Waals surface area contributed by atoms with E-state index in [2.05, 4.69) is 11.6 Å². The molecule has 6 nitrogen and oxygen atoms in total. The van der Waals surface area contributed by atoms with Crippen molar-refractivity contribution in [1.29, 1.82) is 0 Å². The molecule has 0 aliphatic heterocycles. The Morgan fingerprint density at radius 3 is 2.57 bits per heavy atom. The van der Waals surface area contributed by atoms with Crippen molar-refractivity contribution in [2.45, 2.75) is 0 Å². The zero-order valence-electron chi connectivity index (χ0n) is 15.1. The van der Waals surface area contributed by atoms with E-state index in [1.807, 2.05) is 24.1 Å². The number of pyridine rings is 1. The summed E-state index contributed by atoms with van der Waals surface area (Å²) in [5, 5.41) is 8.97. The van der Waals surface area contributed by atoms with E-state index in [1.54, 1.807) is 36.1 Å². The van der Waals surface area contributed by atoms with Gasteiger partial charge in [-0.1, -0.05) is 6.58 Å². The van der Waals surface area contributed by atoms with Crippen molar-refractivity contribution in [2.75, 3.05) is 11.9 Å². The Bertz CT molecular complexity index is 992. The molecule has 0 fully saturated rings. The molecule has 0 radical (unpaired) electrons. The molecule has 1 aromatic heterocycles. The Morgan fingerprint density at radius 1 is 1.18 bits per heavy atom. The van der Waals surface area contributed by atoms with Gasteiger partial charge in [0, 0.05) is 30.1 Å². The second-order valence-electron chi connectivity index (χ2n) is 5.93. The van der Waals surface area contributed by atoms with Crippen molar-refractivity contribution in [1.82, 2.24) is 10.5 Å². The molecule has 142 valence electrons. The average Bonchev–Trinajstić information content (AvgIpc) is 2.74. The third-order valence-electron chi connectivity index (χ3n) is 4.13. The number of hydrogen-bond donors (Lipinski definition) is 2. The fourth-order valence-corrected chi connectivity index (χ4v) is 2.57. The van der Waals surface area contributed by atoms with Crippen molar-refractivity contribution in [3.05, 3.63) is 85.0 Å². The zero-order valence-corrected chi connectivity index (χ0v) is 15.1. The monoisotopic (exact) mass is 379 g/mol. The van der Waals surface area contributed by atoms with Crippen molar-refractivity contribution in [3.63, 3.8) is 0 Å². The van der Waals surface area contributed by atoms with Crippen LogP contribution >= 0.6 is 0 Å². The van der Waals surface area contributed by atoms with Gasteiger partial charge in [-0.05, 0) is 54.6 Å². The Kier molecular flexibility index (Phi) is 5.67. The summed E-state index contributed by atoms with van der Waals surface area (Å²) in [6.45, 7) is 3.74. The first-order chi connectivity index (χ1) is 13.5. The molecule has 7 heteroatoms. The van der Waals surface area contributed by atoms with Gasteiger partial charge in [-0.2, -0.15) is 0 Å². The maximum Gasteiger partial charge on any atom is 0.274 e. The molecule has 0 aliphatic carbocycles. The Labute approximate surface area is 161 Å². The van der Waals surface area contributed by atoms with E-state index >= 15 is 0 Å². The number of nitrogens with one attached hydrogen (secondary N) is 1. The number of benzene rings is 2. The number of anilines is 2. The fraction of sp³-hybridized carbons (Fsp3) is 0.0476. The molecule has 1 heterocycles. The normalized spacial score (nSPS) is 10.2. The highest BCUT2D eigenvalue weighted by atomic mass is 19.1. The van der Waals surface area contributed by atoms with E-state index in [-0.39, 0.29) is 11.4 Å². The minimum Gasteiger partial charge on any atom is -0.457 e. The van der Waals surface area contributed by atoms with Crippen LogP contribution in [0.5, 0.6) is 11.5 Å². The second kappa shape index (κ2) is 8.32. The summed E-state index contributed by atoms with van der Waals surface area (Å²) in [4.78, 5) is 17.9. The second-order valence-corrected chi connectivity index (χ2v) is 5.93.